The molecule has 304 valence electrons. The number of thiophene rings is 4. The largest absolute Gasteiger partial charge is 0.341 e. The average Bonchev–Trinajstić information content (AvgIpc) is 4.14. The highest BCUT2D eigenvalue weighted by Crippen LogP contribution is 2.55. The summed E-state index contributed by atoms with van der Waals surface area (Å²) in [5, 5.41) is 45.7. The zero-order valence-corrected chi connectivity index (χ0v) is 35.3. The molecule has 5 aromatic heterocycles. The fourth-order valence-corrected chi connectivity index (χ4v) is 11.6. The van der Waals surface area contributed by atoms with Gasteiger partial charge in [0.05, 0.1) is 40.8 Å². The van der Waals surface area contributed by atoms with Crippen LogP contribution in [0, 0.1) is 40.5 Å². The van der Waals surface area contributed by atoms with Gasteiger partial charge in [0.2, 0.25) is 0 Å². The van der Waals surface area contributed by atoms with Gasteiger partial charge in [0.1, 0.15) is 0 Å². The molecule has 13 nitrogen and oxygen atoms in total. The number of nitro benzene ring substituents is 4. The van der Waals surface area contributed by atoms with Gasteiger partial charge in [-0.05, 0) is 119 Å². The Morgan fingerprint density at radius 3 is 0.774 bits per heavy atom. The molecule has 0 unspecified atom stereocenters. The van der Waals surface area contributed by atoms with Crippen molar-refractivity contribution in [2.24, 2.45) is 7.05 Å². The lowest BCUT2D eigenvalue weighted by atomic mass is 10.0. The quantitative estimate of drug-likeness (QED) is 0.0859. The summed E-state index contributed by atoms with van der Waals surface area (Å²) in [7, 11) is 2.02. The van der Waals surface area contributed by atoms with Crippen LogP contribution in [0.5, 0.6) is 0 Å². The minimum atomic E-state index is -0.427. The van der Waals surface area contributed by atoms with Crippen LogP contribution in [-0.4, -0.2) is 24.3 Å². The van der Waals surface area contributed by atoms with Crippen LogP contribution >= 0.6 is 45.3 Å². The van der Waals surface area contributed by atoms with Crippen molar-refractivity contribution in [2.45, 2.75) is 0 Å². The van der Waals surface area contributed by atoms with Crippen molar-refractivity contribution in [2.75, 3.05) is 0 Å². The van der Waals surface area contributed by atoms with Crippen LogP contribution in [0.4, 0.5) is 22.7 Å². The molecule has 0 bridgehead atoms. The molecule has 9 aromatic rings. The predicted molar refractivity (Wildman–Crippen MR) is 247 cm³/mol. The first-order valence-electron chi connectivity index (χ1n) is 18.6. The van der Waals surface area contributed by atoms with Crippen LogP contribution in [-0.2, 0) is 7.05 Å². The van der Waals surface area contributed by atoms with E-state index in [2.05, 4.69) is 16.7 Å². The molecular weight excluding hydrogens is 867 g/mol. The highest BCUT2D eigenvalue weighted by molar-refractivity contribution is 7.21. The molecule has 17 heteroatoms. The van der Waals surface area contributed by atoms with E-state index in [4.69, 9.17) is 0 Å². The number of rotatable bonds is 12. The number of nitro groups is 4. The third-order valence-corrected chi connectivity index (χ3v) is 14.8. The van der Waals surface area contributed by atoms with Crippen molar-refractivity contribution < 1.29 is 19.7 Å². The number of non-ortho nitro benzene ring substituents is 4. The van der Waals surface area contributed by atoms with E-state index in [1.807, 2.05) is 43.4 Å². The molecule has 0 saturated heterocycles. The smallest absolute Gasteiger partial charge is 0.269 e. The van der Waals surface area contributed by atoms with Crippen LogP contribution in [0.25, 0.3) is 83.8 Å². The fourth-order valence-electron chi connectivity index (χ4n) is 7.23. The predicted octanol–water partition coefficient (Wildman–Crippen LogP) is 14.2. The highest BCUT2D eigenvalue weighted by atomic mass is 32.1. The lowest BCUT2D eigenvalue weighted by molar-refractivity contribution is -0.385. The Balaban J connectivity index is 1.26. The minimum Gasteiger partial charge on any atom is -0.341 e. The van der Waals surface area contributed by atoms with Gasteiger partial charge in [-0.3, -0.25) is 40.5 Å². The average molecular weight is 894 g/mol. The molecule has 0 saturated carbocycles. The van der Waals surface area contributed by atoms with E-state index in [9.17, 15) is 40.5 Å². The summed E-state index contributed by atoms with van der Waals surface area (Å²) >= 11 is 6.22. The number of hydrogen-bond acceptors (Lipinski definition) is 12. The molecule has 0 spiro atoms. The van der Waals surface area contributed by atoms with Crippen LogP contribution < -0.4 is 0 Å². The molecule has 9 rings (SSSR count). The van der Waals surface area contributed by atoms with Crippen LogP contribution in [0.15, 0.2) is 146 Å². The minimum absolute atomic E-state index is 0.000796. The Labute approximate surface area is 367 Å². The SMILES string of the molecule is Cn1c(-c2ccc(-c3ccc([N+](=O)[O-])cc3)s2)c(-c2ccc(-c3ccc([N+](=O)[O-])cc3)s2)c(-c2ccc(-c3ccc([N+](=O)[O-])cc3)s2)c1-c1ccc(-c2ccc([N+](=O)[O-])cc2)s1. The summed E-state index contributed by atoms with van der Waals surface area (Å²) in [4.78, 5) is 51.4. The molecule has 0 amide bonds. The topological polar surface area (TPSA) is 177 Å². The van der Waals surface area contributed by atoms with E-state index in [0.717, 1.165) is 83.8 Å². The molecule has 5 heterocycles. The van der Waals surface area contributed by atoms with Gasteiger partial charge in [0.25, 0.3) is 22.7 Å². The Bertz CT molecular complexity index is 2980. The summed E-state index contributed by atoms with van der Waals surface area (Å²) in [6.45, 7) is 0. The molecule has 0 radical (unpaired) electrons. The van der Waals surface area contributed by atoms with E-state index < -0.39 is 19.7 Å². The monoisotopic (exact) mass is 893 g/mol. The van der Waals surface area contributed by atoms with E-state index in [1.165, 1.54) is 48.5 Å². The molecule has 0 aliphatic rings. The van der Waals surface area contributed by atoms with Gasteiger partial charge in [-0.15, -0.1) is 45.3 Å². The number of hydrogen-bond donors (Lipinski definition) is 0. The Morgan fingerprint density at radius 1 is 0.323 bits per heavy atom. The van der Waals surface area contributed by atoms with Crippen molar-refractivity contribution in [1.82, 2.24) is 4.57 Å². The zero-order chi connectivity index (χ0) is 43.2. The zero-order valence-electron chi connectivity index (χ0n) is 32.0. The maximum Gasteiger partial charge on any atom is 0.269 e. The van der Waals surface area contributed by atoms with Crippen molar-refractivity contribution in [3.8, 4) is 83.8 Å². The van der Waals surface area contributed by atoms with Crippen molar-refractivity contribution >= 4 is 68.1 Å². The van der Waals surface area contributed by atoms with Gasteiger partial charge in [-0.1, -0.05) is 0 Å². The molecule has 0 N–H and O–H groups in total. The van der Waals surface area contributed by atoms with E-state index in [0.29, 0.717) is 0 Å². The first-order chi connectivity index (χ1) is 29.9. The summed E-state index contributed by atoms with van der Waals surface area (Å²) in [6.07, 6.45) is 0. The molecular formula is C45H27N5O8S4. The number of aromatic nitrogens is 1. The van der Waals surface area contributed by atoms with Gasteiger partial charge in [-0.25, -0.2) is 0 Å². The second kappa shape index (κ2) is 16.2. The Morgan fingerprint density at radius 2 is 0.532 bits per heavy atom. The first-order valence-corrected chi connectivity index (χ1v) is 21.8. The number of benzene rings is 4. The second-order valence-electron chi connectivity index (χ2n) is 13.9. The van der Waals surface area contributed by atoms with Crippen molar-refractivity contribution in [1.29, 1.82) is 0 Å². The summed E-state index contributed by atoms with van der Waals surface area (Å²) in [6, 6.07) is 42.0. The standard InChI is InChI=1S/C45H27N5O8S4/c1-46-44(40-24-20-36(61-40)28-6-14-32(15-7-28)49(55)56)42(38-22-18-34(59-38)26-2-10-30(11-3-26)47(51)52)43(39-23-19-35(60-39)27-4-12-31(13-5-27)48(53)54)45(46)41-25-21-37(62-41)29-8-16-33(17-9-29)50(57)58/h2-25H,1H3. The van der Waals surface area contributed by atoms with Gasteiger partial charge in [0, 0.05) is 96.0 Å². The van der Waals surface area contributed by atoms with Gasteiger partial charge < -0.3 is 4.57 Å². The molecule has 0 atom stereocenters. The maximum atomic E-state index is 11.5. The van der Waals surface area contributed by atoms with Crippen LogP contribution in [0.3, 0.4) is 0 Å². The van der Waals surface area contributed by atoms with E-state index in [1.54, 1.807) is 93.9 Å². The van der Waals surface area contributed by atoms with E-state index in [-0.39, 0.29) is 22.7 Å². The normalized spacial score (nSPS) is 11.2. The lowest BCUT2D eigenvalue weighted by Crippen LogP contribution is -1.93. The summed E-state index contributed by atoms with van der Waals surface area (Å²) < 4.78 is 2.18. The van der Waals surface area contributed by atoms with E-state index >= 15 is 0 Å². The van der Waals surface area contributed by atoms with Crippen LogP contribution in [0.1, 0.15) is 0 Å². The number of nitrogens with zero attached hydrogens (tertiary/aromatic N) is 5. The fraction of sp³-hybridized carbons (Fsp3) is 0.0222. The molecule has 62 heavy (non-hydrogen) atoms. The Kier molecular flexibility index (Phi) is 10.5. The molecule has 0 aliphatic carbocycles. The Hall–Kier alpha value is -7.44. The van der Waals surface area contributed by atoms with Crippen LogP contribution in [0.2, 0.25) is 0 Å². The van der Waals surface area contributed by atoms with Crippen molar-refractivity contribution in [3.63, 3.8) is 0 Å². The van der Waals surface area contributed by atoms with Gasteiger partial charge >= 0.3 is 0 Å². The summed E-state index contributed by atoms with van der Waals surface area (Å²) in [5.41, 5.74) is 7.02. The molecule has 0 aliphatic heterocycles. The molecule has 4 aromatic carbocycles. The lowest BCUT2D eigenvalue weighted by Gasteiger charge is -2.07. The van der Waals surface area contributed by atoms with Crippen molar-refractivity contribution in [3.05, 3.63) is 186 Å². The maximum absolute atomic E-state index is 11.5. The highest BCUT2D eigenvalue weighted by Gasteiger charge is 2.30. The van der Waals surface area contributed by atoms with Gasteiger partial charge in [0.15, 0.2) is 0 Å². The second-order valence-corrected chi connectivity index (χ2v) is 18.2. The van der Waals surface area contributed by atoms with Gasteiger partial charge in [-0.2, -0.15) is 0 Å². The first kappa shape index (κ1) is 40.0. The third-order valence-electron chi connectivity index (χ3n) is 10.2. The third kappa shape index (κ3) is 7.49. The summed E-state index contributed by atoms with van der Waals surface area (Å²) in [5.74, 6) is 0. The molecule has 0 fully saturated rings.